The Kier molecular flexibility index (Phi) is 5.75. The monoisotopic (exact) mass is 390 g/mol. The van der Waals surface area contributed by atoms with Crippen LogP contribution in [0.25, 0.3) is 11.1 Å². The first-order valence-corrected chi connectivity index (χ1v) is 10.0. The van der Waals surface area contributed by atoms with Crippen LogP contribution < -0.4 is 5.32 Å². The molecule has 3 aromatic rings. The molecule has 4 rings (SSSR count). The molecule has 1 aliphatic heterocycles. The maximum absolute atomic E-state index is 12.5. The van der Waals surface area contributed by atoms with Crippen LogP contribution in [0.5, 0.6) is 0 Å². The zero-order chi connectivity index (χ0) is 19.3. The Balaban J connectivity index is 1.50. The molecule has 0 spiro atoms. The van der Waals surface area contributed by atoms with E-state index in [9.17, 15) is 4.79 Å². The first kappa shape index (κ1) is 18.7. The van der Waals surface area contributed by atoms with E-state index in [4.69, 9.17) is 11.6 Å². The molecule has 0 aromatic heterocycles. The summed E-state index contributed by atoms with van der Waals surface area (Å²) < 4.78 is 0. The molecule has 1 aliphatic rings. The van der Waals surface area contributed by atoms with E-state index in [1.807, 2.05) is 18.2 Å². The van der Waals surface area contributed by atoms with Crippen LogP contribution in [-0.4, -0.2) is 23.9 Å². The lowest BCUT2D eigenvalue weighted by Crippen LogP contribution is -2.18. The lowest BCUT2D eigenvalue weighted by atomic mass is 10.0. The third-order valence-electron chi connectivity index (χ3n) is 5.09. The number of anilines is 1. The standard InChI is InChI=1S/C24H23ClN2O/c25-22-11-9-19(10-12-22)24(28)26-23-8-4-7-21(16-23)20-6-3-5-18(15-20)17-27-13-1-2-14-27/h3-12,15-16H,1-2,13-14,17H2,(H,26,28). The average Bonchev–Trinajstić information content (AvgIpc) is 3.22. The Labute approximate surface area is 171 Å². The van der Waals surface area contributed by atoms with Gasteiger partial charge in [-0.25, -0.2) is 0 Å². The van der Waals surface area contributed by atoms with Crippen molar-refractivity contribution in [3.8, 4) is 11.1 Å². The minimum Gasteiger partial charge on any atom is -0.322 e. The number of halogens is 1. The van der Waals surface area contributed by atoms with Gasteiger partial charge in [-0.2, -0.15) is 0 Å². The number of carbonyl (C=O) groups excluding carboxylic acids is 1. The molecule has 4 heteroatoms. The maximum Gasteiger partial charge on any atom is 0.255 e. The number of nitrogens with one attached hydrogen (secondary N) is 1. The predicted molar refractivity (Wildman–Crippen MR) is 116 cm³/mol. The van der Waals surface area contributed by atoms with Gasteiger partial charge in [-0.05, 0) is 85.1 Å². The second-order valence-electron chi connectivity index (χ2n) is 7.23. The van der Waals surface area contributed by atoms with Gasteiger partial charge in [0, 0.05) is 22.8 Å². The minimum absolute atomic E-state index is 0.142. The average molecular weight is 391 g/mol. The third-order valence-corrected chi connectivity index (χ3v) is 5.34. The van der Waals surface area contributed by atoms with Gasteiger partial charge in [-0.1, -0.05) is 41.9 Å². The molecule has 0 unspecified atom stereocenters. The third kappa shape index (κ3) is 4.61. The highest BCUT2D eigenvalue weighted by molar-refractivity contribution is 6.30. The quantitative estimate of drug-likeness (QED) is 0.592. The van der Waals surface area contributed by atoms with Gasteiger partial charge >= 0.3 is 0 Å². The number of amides is 1. The van der Waals surface area contributed by atoms with Gasteiger partial charge < -0.3 is 5.32 Å². The fourth-order valence-electron chi connectivity index (χ4n) is 3.63. The highest BCUT2D eigenvalue weighted by Crippen LogP contribution is 2.25. The second kappa shape index (κ2) is 8.59. The Bertz CT molecular complexity index is 962. The van der Waals surface area contributed by atoms with E-state index >= 15 is 0 Å². The summed E-state index contributed by atoms with van der Waals surface area (Å²) >= 11 is 5.90. The van der Waals surface area contributed by atoms with E-state index in [1.165, 1.54) is 37.1 Å². The van der Waals surface area contributed by atoms with Crippen molar-refractivity contribution in [3.63, 3.8) is 0 Å². The van der Waals surface area contributed by atoms with Crippen molar-refractivity contribution < 1.29 is 4.79 Å². The van der Waals surface area contributed by atoms with Crippen LogP contribution in [0.2, 0.25) is 5.02 Å². The van der Waals surface area contributed by atoms with Gasteiger partial charge in [-0.15, -0.1) is 0 Å². The predicted octanol–water partition coefficient (Wildman–Crippen LogP) is 5.86. The van der Waals surface area contributed by atoms with Gasteiger partial charge in [0.2, 0.25) is 0 Å². The van der Waals surface area contributed by atoms with Crippen molar-refractivity contribution in [2.75, 3.05) is 18.4 Å². The highest BCUT2D eigenvalue weighted by atomic mass is 35.5. The van der Waals surface area contributed by atoms with Gasteiger partial charge in [0.25, 0.3) is 5.91 Å². The molecule has 0 radical (unpaired) electrons. The number of carbonyl (C=O) groups is 1. The molecule has 3 aromatic carbocycles. The van der Waals surface area contributed by atoms with E-state index < -0.39 is 0 Å². The molecule has 0 saturated carbocycles. The van der Waals surface area contributed by atoms with Crippen LogP contribution in [0, 0.1) is 0 Å². The molecule has 1 saturated heterocycles. The zero-order valence-electron chi connectivity index (χ0n) is 15.7. The summed E-state index contributed by atoms with van der Waals surface area (Å²) in [6, 6.07) is 23.5. The topological polar surface area (TPSA) is 32.3 Å². The van der Waals surface area contributed by atoms with Crippen LogP contribution in [0.3, 0.4) is 0 Å². The van der Waals surface area contributed by atoms with E-state index in [0.29, 0.717) is 10.6 Å². The molecule has 28 heavy (non-hydrogen) atoms. The smallest absolute Gasteiger partial charge is 0.255 e. The maximum atomic E-state index is 12.5. The summed E-state index contributed by atoms with van der Waals surface area (Å²) in [5, 5.41) is 3.59. The van der Waals surface area contributed by atoms with Crippen molar-refractivity contribution >= 4 is 23.2 Å². The number of likely N-dealkylation sites (tertiary alicyclic amines) is 1. The van der Waals surface area contributed by atoms with Crippen LogP contribution >= 0.6 is 11.6 Å². The lowest BCUT2D eigenvalue weighted by Gasteiger charge is -2.15. The first-order chi connectivity index (χ1) is 13.7. The van der Waals surface area contributed by atoms with E-state index in [1.54, 1.807) is 24.3 Å². The molecule has 0 bridgehead atoms. The van der Waals surface area contributed by atoms with Crippen molar-refractivity contribution in [1.82, 2.24) is 4.90 Å². The van der Waals surface area contributed by atoms with Gasteiger partial charge in [0.05, 0.1) is 0 Å². The largest absolute Gasteiger partial charge is 0.322 e. The number of rotatable bonds is 5. The molecule has 142 valence electrons. The van der Waals surface area contributed by atoms with Gasteiger partial charge in [0.1, 0.15) is 0 Å². The fraction of sp³-hybridized carbons (Fsp3) is 0.208. The molecule has 0 atom stereocenters. The molecular weight excluding hydrogens is 368 g/mol. The summed E-state index contributed by atoms with van der Waals surface area (Å²) in [6.45, 7) is 3.38. The van der Waals surface area contributed by atoms with Crippen molar-refractivity contribution in [3.05, 3.63) is 88.9 Å². The second-order valence-corrected chi connectivity index (χ2v) is 7.66. The Morgan fingerprint density at radius 3 is 2.32 bits per heavy atom. The molecular formula is C24H23ClN2O. The zero-order valence-corrected chi connectivity index (χ0v) is 16.5. The normalized spacial score (nSPS) is 14.2. The molecule has 1 amide bonds. The summed E-state index contributed by atoms with van der Waals surface area (Å²) in [4.78, 5) is 15.0. The number of nitrogens with zero attached hydrogens (tertiary/aromatic N) is 1. The Morgan fingerprint density at radius 2 is 1.57 bits per heavy atom. The van der Waals surface area contributed by atoms with Crippen molar-refractivity contribution in [1.29, 1.82) is 0 Å². The Morgan fingerprint density at radius 1 is 0.893 bits per heavy atom. The summed E-state index contributed by atoms with van der Waals surface area (Å²) in [5.41, 5.74) is 4.95. The molecule has 1 heterocycles. The molecule has 0 aliphatic carbocycles. The van der Waals surface area contributed by atoms with Crippen LogP contribution in [0.15, 0.2) is 72.8 Å². The number of hydrogen-bond donors (Lipinski definition) is 1. The minimum atomic E-state index is -0.142. The number of benzene rings is 3. The lowest BCUT2D eigenvalue weighted by molar-refractivity contribution is 0.102. The van der Waals surface area contributed by atoms with E-state index in [-0.39, 0.29) is 5.91 Å². The summed E-state index contributed by atoms with van der Waals surface area (Å²) in [5.74, 6) is -0.142. The first-order valence-electron chi connectivity index (χ1n) is 9.66. The van der Waals surface area contributed by atoms with Crippen molar-refractivity contribution in [2.24, 2.45) is 0 Å². The van der Waals surface area contributed by atoms with E-state index in [2.05, 4.69) is 40.5 Å². The summed E-state index contributed by atoms with van der Waals surface area (Å²) in [7, 11) is 0. The number of hydrogen-bond acceptors (Lipinski definition) is 2. The Hall–Kier alpha value is -2.62. The van der Waals surface area contributed by atoms with Crippen LogP contribution in [0.1, 0.15) is 28.8 Å². The van der Waals surface area contributed by atoms with E-state index in [0.717, 1.165) is 17.8 Å². The van der Waals surface area contributed by atoms with Gasteiger partial charge in [0.15, 0.2) is 0 Å². The SMILES string of the molecule is O=C(Nc1cccc(-c2cccc(CN3CCCC3)c2)c1)c1ccc(Cl)cc1. The molecule has 1 fully saturated rings. The highest BCUT2D eigenvalue weighted by Gasteiger charge is 2.12. The fourth-order valence-corrected chi connectivity index (χ4v) is 3.76. The van der Waals surface area contributed by atoms with Gasteiger partial charge in [-0.3, -0.25) is 9.69 Å². The molecule has 1 N–H and O–H groups in total. The summed E-state index contributed by atoms with van der Waals surface area (Å²) in [6.07, 6.45) is 2.60. The molecule has 3 nitrogen and oxygen atoms in total. The van der Waals surface area contributed by atoms with Crippen LogP contribution in [-0.2, 0) is 6.54 Å². The van der Waals surface area contributed by atoms with Crippen molar-refractivity contribution in [2.45, 2.75) is 19.4 Å². The van der Waals surface area contributed by atoms with Crippen LogP contribution in [0.4, 0.5) is 5.69 Å².